The molecule has 0 atom stereocenters. The predicted molar refractivity (Wildman–Crippen MR) is 38.8 cm³/mol. The highest BCUT2D eigenvalue weighted by Crippen LogP contribution is 2.03. The molecule has 9 heavy (non-hydrogen) atoms. The smallest absolute Gasteiger partial charge is 0.175 e. The second kappa shape index (κ2) is 2.82. The zero-order chi connectivity index (χ0) is 7.49. The van der Waals surface area contributed by atoms with Crippen molar-refractivity contribution in [2.75, 3.05) is 6.26 Å². The molecule has 0 saturated carbocycles. The van der Waals surface area contributed by atoms with Crippen molar-refractivity contribution >= 4 is 9.84 Å². The lowest BCUT2D eigenvalue weighted by molar-refractivity contribution is 0.608. The highest BCUT2D eigenvalue weighted by Gasteiger charge is 2.03. The van der Waals surface area contributed by atoms with Gasteiger partial charge in [0.15, 0.2) is 9.84 Å². The molecule has 0 N–H and O–H groups in total. The molecule has 0 aliphatic carbocycles. The second-order valence-corrected chi connectivity index (χ2v) is 3.68. The molecule has 2 nitrogen and oxygen atoms in total. The fourth-order valence-corrected chi connectivity index (χ4v) is 1.21. The van der Waals surface area contributed by atoms with Gasteiger partial charge in [-0.1, -0.05) is 18.7 Å². The van der Waals surface area contributed by atoms with Crippen LogP contribution < -0.4 is 0 Å². The fourth-order valence-electron chi connectivity index (χ4n) is 0.483. The average molecular weight is 146 g/mol. The monoisotopic (exact) mass is 146 g/mol. The zero-order valence-corrected chi connectivity index (χ0v) is 6.40. The summed E-state index contributed by atoms with van der Waals surface area (Å²) < 4.78 is 21.3. The molecule has 0 aromatic carbocycles. The van der Waals surface area contributed by atoms with E-state index in [9.17, 15) is 8.42 Å². The topological polar surface area (TPSA) is 34.1 Å². The number of rotatable bonds is 2. The molecular formula is C6H10O2S. The third kappa shape index (κ3) is 2.46. The minimum absolute atomic E-state index is 0.280. The van der Waals surface area contributed by atoms with Gasteiger partial charge in [0.2, 0.25) is 0 Å². The van der Waals surface area contributed by atoms with Gasteiger partial charge in [-0.05, 0) is 6.92 Å². The van der Waals surface area contributed by atoms with Crippen molar-refractivity contribution in [2.24, 2.45) is 0 Å². The summed E-state index contributed by atoms with van der Waals surface area (Å²) in [5.74, 6) is 0. The summed E-state index contributed by atoms with van der Waals surface area (Å²) in [6.45, 7) is 5.02. The summed E-state index contributed by atoms with van der Waals surface area (Å²) in [5, 5.41) is 0. The van der Waals surface area contributed by atoms with Gasteiger partial charge in [-0.25, -0.2) is 8.42 Å². The number of sulfone groups is 1. The van der Waals surface area contributed by atoms with Crippen LogP contribution in [-0.4, -0.2) is 14.7 Å². The Morgan fingerprint density at radius 1 is 1.56 bits per heavy atom. The van der Waals surface area contributed by atoms with Crippen LogP contribution in [0.1, 0.15) is 6.92 Å². The summed E-state index contributed by atoms with van der Waals surface area (Å²) in [6.07, 6.45) is 4.00. The van der Waals surface area contributed by atoms with Gasteiger partial charge in [0.25, 0.3) is 0 Å². The molecule has 0 aliphatic rings. The summed E-state index contributed by atoms with van der Waals surface area (Å²) in [5.41, 5.74) is 0. The van der Waals surface area contributed by atoms with Gasteiger partial charge in [-0.2, -0.15) is 0 Å². The number of hydrogen-bond donors (Lipinski definition) is 0. The molecule has 0 bridgehead atoms. The Balaban J connectivity index is 4.77. The van der Waals surface area contributed by atoms with Crippen molar-refractivity contribution in [3.8, 4) is 0 Å². The average Bonchev–Trinajstić information content (AvgIpc) is 1.65. The Morgan fingerprint density at radius 3 is 2.00 bits per heavy atom. The van der Waals surface area contributed by atoms with Gasteiger partial charge < -0.3 is 0 Å². The Kier molecular flexibility index (Phi) is 2.65. The van der Waals surface area contributed by atoms with E-state index in [-0.39, 0.29) is 4.91 Å². The Morgan fingerprint density at radius 2 is 2.00 bits per heavy atom. The standard InChI is InChI=1S/C6H10O2S/c1-4-6(5-2)9(3,7)8/h4-5H,1H2,2-3H3/b6-5+. The number of allylic oxidation sites excluding steroid dienone is 2. The van der Waals surface area contributed by atoms with E-state index in [1.165, 1.54) is 12.2 Å². The molecule has 0 radical (unpaired) electrons. The predicted octanol–water partition coefficient (Wildman–Crippen LogP) is 1.12. The Hall–Kier alpha value is -0.570. The van der Waals surface area contributed by atoms with Crippen LogP contribution in [0.25, 0.3) is 0 Å². The van der Waals surface area contributed by atoms with Gasteiger partial charge in [-0.3, -0.25) is 0 Å². The van der Waals surface area contributed by atoms with Crippen molar-refractivity contribution in [3.05, 3.63) is 23.6 Å². The summed E-state index contributed by atoms with van der Waals surface area (Å²) >= 11 is 0. The maximum atomic E-state index is 10.7. The molecule has 0 aromatic rings. The first-order chi connectivity index (χ1) is 4.02. The molecule has 0 aromatic heterocycles. The lowest BCUT2D eigenvalue weighted by atomic mass is 10.5. The first kappa shape index (κ1) is 8.43. The molecular weight excluding hydrogens is 136 g/mol. The molecule has 3 heteroatoms. The first-order valence-corrected chi connectivity index (χ1v) is 4.40. The van der Waals surface area contributed by atoms with Crippen LogP contribution in [0.15, 0.2) is 23.6 Å². The first-order valence-electron chi connectivity index (χ1n) is 2.51. The van der Waals surface area contributed by atoms with Gasteiger partial charge in [0, 0.05) is 6.26 Å². The SMILES string of the molecule is C=C/C(=C\C)S(C)(=O)=O. The van der Waals surface area contributed by atoms with Crippen LogP contribution in [0.4, 0.5) is 0 Å². The third-order valence-corrected chi connectivity index (χ3v) is 2.17. The molecule has 0 rings (SSSR count). The third-order valence-electron chi connectivity index (χ3n) is 0.914. The quantitative estimate of drug-likeness (QED) is 0.547. The maximum Gasteiger partial charge on any atom is 0.175 e. The van der Waals surface area contributed by atoms with Crippen LogP contribution in [-0.2, 0) is 9.84 Å². The lowest BCUT2D eigenvalue weighted by Crippen LogP contribution is -1.96. The van der Waals surface area contributed by atoms with Gasteiger partial charge in [0.05, 0.1) is 4.91 Å². The Labute approximate surface area is 55.8 Å². The lowest BCUT2D eigenvalue weighted by Gasteiger charge is -1.93. The molecule has 0 fully saturated rings. The zero-order valence-electron chi connectivity index (χ0n) is 5.59. The van der Waals surface area contributed by atoms with Crippen molar-refractivity contribution < 1.29 is 8.42 Å². The molecule has 52 valence electrons. The number of hydrogen-bond acceptors (Lipinski definition) is 2. The van der Waals surface area contributed by atoms with Gasteiger partial charge in [0.1, 0.15) is 0 Å². The van der Waals surface area contributed by atoms with Crippen molar-refractivity contribution in [1.82, 2.24) is 0 Å². The highest BCUT2D eigenvalue weighted by atomic mass is 32.2. The van der Waals surface area contributed by atoms with Gasteiger partial charge >= 0.3 is 0 Å². The van der Waals surface area contributed by atoms with E-state index >= 15 is 0 Å². The second-order valence-electron chi connectivity index (χ2n) is 1.67. The summed E-state index contributed by atoms with van der Waals surface area (Å²) in [4.78, 5) is 0.280. The van der Waals surface area contributed by atoms with E-state index in [0.29, 0.717) is 0 Å². The minimum atomic E-state index is -3.02. The van der Waals surface area contributed by atoms with E-state index in [2.05, 4.69) is 6.58 Å². The van der Waals surface area contributed by atoms with Crippen LogP contribution >= 0.6 is 0 Å². The largest absolute Gasteiger partial charge is 0.224 e. The summed E-state index contributed by atoms with van der Waals surface area (Å²) in [6, 6.07) is 0. The van der Waals surface area contributed by atoms with E-state index < -0.39 is 9.84 Å². The van der Waals surface area contributed by atoms with E-state index in [1.807, 2.05) is 0 Å². The minimum Gasteiger partial charge on any atom is -0.224 e. The van der Waals surface area contributed by atoms with Crippen molar-refractivity contribution in [1.29, 1.82) is 0 Å². The molecule has 0 heterocycles. The fraction of sp³-hybridized carbons (Fsp3) is 0.333. The van der Waals surface area contributed by atoms with E-state index in [1.54, 1.807) is 6.92 Å². The maximum absolute atomic E-state index is 10.7. The van der Waals surface area contributed by atoms with Crippen LogP contribution in [0.5, 0.6) is 0 Å². The van der Waals surface area contributed by atoms with Crippen LogP contribution in [0.3, 0.4) is 0 Å². The highest BCUT2D eigenvalue weighted by molar-refractivity contribution is 7.94. The Bertz CT molecular complexity index is 221. The van der Waals surface area contributed by atoms with E-state index in [0.717, 1.165) is 6.26 Å². The van der Waals surface area contributed by atoms with E-state index in [4.69, 9.17) is 0 Å². The van der Waals surface area contributed by atoms with Crippen molar-refractivity contribution in [3.63, 3.8) is 0 Å². The van der Waals surface area contributed by atoms with Crippen molar-refractivity contribution in [2.45, 2.75) is 6.92 Å². The molecule has 0 unspecified atom stereocenters. The molecule has 0 aliphatic heterocycles. The molecule has 0 spiro atoms. The summed E-state index contributed by atoms with van der Waals surface area (Å²) in [7, 11) is -3.02. The van der Waals surface area contributed by atoms with Crippen LogP contribution in [0, 0.1) is 0 Å². The molecule has 0 amide bonds. The normalized spacial score (nSPS) is 13.3. The van der Waals surface area contributed by atoms with Gasteiger partial charge in [-0.15, -0.1) is 0 Å². The van der Waals surface area contributed by atoms with Crippen LogP contribution in [0.2, 0.25) is 0 Å². The molecule has 0 saturated heterocycles.